The topological polar surface area (TPSA) is 56.0 Å². The third-order valence-electron chi connectivity index (χ3n) is 0.948. The molecule has 0 aliphatic rings. The van der Waals surface area contributed by atoms with Crippen LogP contribution in [0.15, 0.2) is 18.3 Å². The molecule has 2 N–H and O–H groups in total. The summed E-state index contributed by atoms with van der Waals surface area (Å²) >= 11 is 0. The lowest BCUT2D eigenvalue weighted by molar-refractivity contribution is 0.563. The predicted octanol–water partition coefficient (Wildman–Crippen LogP) is 0.122. The number of nitrogen functional groups attached to an aromatic ring is 1. The fraction of sp³-hybridized carbons (Fsp3) is 0. The first-order valence-electron chi connectivity index (χ1n) is 2.43. The van der Waals surface area contributed by atoms with Gasteiger partial charge in [-0.25, -0.2) is 4.98 Å². The van der Waals surface area contributed by atoms with Crippen molar-refractivity contribution in [1.29, 1.82) is 0 Å². The van der Waals surface area contributed by atoms with E-state index in [1.54, 1.807) is 18.4 Å². The lowest BCUT2D eigenvalue weighted by Gasteiger charge is -1.90. The molecule has 9 heavy (non-hydrogen) atoms. The number of carbonyl (C=O) groups excluding carboxylic acids is 1. The molecule has 0 aromatic carbocycles. The zero-order valence-corrected chi connectivity index (χ0v) is 4.66. The van der Waals surface area contributed by atoms with E-state index < -0.39 is 0 Å². The molecule has 1 radical (unpaired) electrons. The van der Waals surface area contributed by atoms with E-state index in [0.29, 0.717) is 5.56 Å². The minimum absolute atomic E-state index is 0.229. The first-order valence-corrected chi connectivity index (χ1v) is 2.43. The second-order valence-corrected chi connectivity index (χ2v) is 1.54. The van der Waals surface area contributed by atoms with Gasteiger partial charge in [-0.15, -0.1) is 0 Å². The van der Waals surface area contributed by atoms with Crippen molar-refractivity contribution < 1.29 is 4.79 Å². The maximum atomic E-state index is 9.98. The highest BCUT2D eigenvalue weighted by molar-refractivity contribution is 5.81. The van der Waals surface area contributed by atoms with Crippen LogP contribution in [0.25, 0.3) is 0 Å². The van der Waals surface area contributed by atoms with Gasteiger partial charge in [0, 0.05) is 6.20 Å². The Hall–Kier alpha value is -1.38. The van der Waals surface area contributed by atoms with Crippen LogP contribution in [0.5, 0.6) is 0 Å². The van der Waals surface area contributed by atoms with Crippen molar-refractivity contribution in [1.82, 2.24) is 4.98 Å². The Bertz CT molecular complexity index is 222. The highest BCUT2D eigenvalue weighted by Gasteiger charge is 1.94. The number of hydrogen-bond acceptors (Lipinski definition) is 3. The molecule has 0 atom stereocenters. The lowest BCUT2D eigenvalue weighted by Crippen LogP contribution is -1.94. The number of nitrogens with zero attached hydrogens (tertiary/aromatic N) is 1. The monoisotopic (exact) mass is 121 g/mol. The maximum Gasteiger partial charge on any atom is 0.237 e. The Balaban J connectivity index is 3.15. The molecule has 1 rings (SSSR count). The summed E-state index contributed by atoms with van der Waals surface area (Å²) in [6.07, 6.45) is 3.18. The molecule has 3 nitrogen and oxygen atoms in total. The third kappa shape index (κ3) is 1.05. The summed E-state index contributed by atoms with van der Waals surface area (Å²) in [6, 6.07) is 3.20. The maximum absolute atomic E-state index is 9.98. The van der Waals surface area contributed by atoms with Gasteiger partial charge in [-0.3, -0.25) is 4.79 Å². The number of hydrogen-bond donors (Lipinski definition) is 1. The summed E-state index contributed by atoms with van der Waals surface area (Å²) < 4.78 is 0. The number of aromatic nitrogens is 1. The minimum Gasteiger partial charge on any atom is -0.383 e. The van der Waals surface area contributed by atoms with E-state index in [1.807, 2.05) is 0 Å². The molecule has 0 aliphatic carbocycles. The van der Waals surface area contributed by atoms with Crippen LogP contribution >= 0.6 is 0 Å². The van der Waals surface area contributed by atoms with Crippen LogP contribution in [0.2, 0.25) is 0 Å². The highest BCUT2D eigenvalue weighted by atomic mass is 16.1. The van der Waals surface area contributed by atoms with Gasteiger partial charge in [-0.2, -0.15) is 0 Å². The number of pyridine rings is 1. The van der Waals surface area contributed by atoms with Gasteiger partial charge in [0.15, 0.2) is 0 Å². The van der Waals surface area contributed by atoms with Gasteiger partial charge in [0.25, 0.3) is 0 Å². The van der Waals surface area contributed by atoms with Gasteiger partial charge < -0.3 is 5.73 Å². The van der Waals surface area contributed by atoms with Crippen molar-refractivity contribution in [2.45, 2.75) is 0 Å². The molecule has 1 aromatic rings. The molecule has 0 unspecified atom stereocenters. The average molecular weight is 121 g/mol. The average Bonchev–Trinajstić information content (AvgIpc) is 1.89. The minimum atomic E-state index is 0.229. The zero-order chi connectivity index (χ0) is 6.69. The summed E-state index contributed by atoms with van der Waals surface area (Å²) in [5.74, 6) is 0.229. The molecular formula is C6H5N2O. The third-order valence-corrected chi connectivity index (χ3v) is 0.948. The largest absolute Gasteiger partial charge is 0.383 e. The van der Waals surface area contributed by atoms with Gasteiger partial charge in [0.2, 0.25) is 6.29 Å². The molecule has 0 bridgehead atoms. The van der Waals surface area contributed by atoms with Gasteiger partial charge in [-0.1, -0.05) is 0 Å². The molecule has 0 amide bonds. The van der Waals surface area contributed by atoms with Crippen molar-refractivity contribution in [3.8, 4) is 0 Å². The van der Waals surface area contributed by atoms with Gasteiger partial charge in [-0.05, 0) is 12.1 Å². The van der Waals surface area contributed by atoms with Crippen LogP contribution in [-0.4, -0.2) is 11.3 Å². The number of nitrogens with two attached hydrogens (primary N) is 1. The summed E-state index contributed by atoms with van der Waals surface area (Å²) in [5.41, 5.74) is 5.57. The quantitative estimate of drug-likeness (QED) is 0.574. The van der Waals surface area contributed by atoms with Crippen LogP contribution in [0.4, 0.5) is 5.82 Å². The highest BCUT2D eigenvalue weighted by Crippen LogP contribution is 2.01. The smallest absolute Gasteiger partial charge is 0.237 e. The molecular weight excluding hydrogens is 116 g/mol. The molecule has 0 spiro atoms. The standard InChI is InChI=1S/C6H5N2O/c7-6-5(4-9)2-1-3-8-6/h1-3H,(H2,7,8). The van der Waals surface area contributed by atoms with Crippen molar-refractivity contribution in [2.75, 3.05) is 5.73 Å². The van der Waals surface area contributed by atoms with Crippen molar-refractivity contribution in [3.63, 3.8) is 0 Å². The van der Waals surface area contributed by atoms with E-state index in [9.17, 15) is 4.79 Å². The summed E-state index contributed by atoms with van der Waals surface area (Å²) in [5, 5.41) is 0. The van der Waals surface area contributed by atoms with Crippen molar-refractivity contribution in [3.05, 3.63) is 23.9 Å². The van der Waals surface area contributed by atoms with E-state index in [-0.39, 0.29) is 5.82 Å². The summed E-state index contributed by atoms with van der Waals surface area (Å²) in [7, 11) is 0. The Labute approximate surface area is 52.5 Å². The molecule has 3 heteroatoms. The molecule has 1 aromatic heterocycles. The van der Waals surface area contributed by atoms with Crippen molar-refractivity contribution in [2.24, 2.45) is 0 Å². The van der Waals surface area contributed by atoms with E-state index in [2.05, 4.69) is 4.98 Å². The number of rotatable bonds is 1. The van der Waals surface area contributed by atoms with E-state index in [0.717, 1.165) is 0 Å². The molecule has 45 valence electrons. The predicted molar refractivity (Wildman–Crippen MR) is 33.4 cm³/mol. The second kappa shape index (κ2) is 2.26. The van der Waals surface area contributed by atoms with E-state index in [4.69, 9.17) is 5.73 Å². The van der Waals surface area contributed by atoms with Gasteiger partial charge in [0.1, 0.15) is 5.82 Å². The Morgan fingerprint density at radius 3 is 2.89 bits per heavy atom. The first kappa shape index (κ1) is 5.75. The Morgan fingerprint density at radius 1 is 1.67 bits per heavy atom. The van der Waals surface area contributed by atoms with Crippen LogP contribution in [0, 0.1) is 0 Å². The van der Waals surface area contributed by atoms with Gasteiger partial charge >= 0.3 is 0 Å². The molecule has 1 heterocycles. The second-order valence-electron chi connectivity index (χ2n) is 1.54. The Kier molecular flexibility index (Phi) is 1.44. The van der Waals surface area contributed by atoms with Crippen LogP contribution in [0.3, 0.4) is 0 Å². The first-order chi connectivity index (χ1) is 4.34. The van der Waals surface area contributed by atoms with Crippen LogP contribution in [0.1, 0.15) is 5.56 Å². The lowest BCUT2D eigenvalue weighted by atomic mass is 10.3. The van der Waals surface area contributed by atoms with Gasteiger partial charge in [0.05, 0.1) is 5.56 Å². The molecule has 0 fully saturated rings. The summed E-state index contributed by atoms with van der Waals surface area (Å²) in [4.78, 5) is 13.6. The summed E-state index contributed by atoms with van der Waals surface area (Å²) in [6.45, 7) is 0. The number of anilines is 1. The van der Waals surface area contributed by atoms with Crippen molar-refractivity contribution >= 4 is 12.1 Å². The van der Waals surface area contributed by atoms with Crippen LogP contribution < -0.4 is 5.73 Å². The Morgan fingerprint density at radius 2 is 2.44 bits per heavy atom. The zero-order valence-electron chi connectivity index (χ0n) is 4.66. The van der Waals surface area contributed by atoms with E-state index >= 15 is 0 Å². The van der Waals surface area contributed by atoms with Crippen LogP contribution in [-0.2, 0) is 4.79 Å². The van der Waals surface area contributed by atoms with E-state index in [1.165, 1.54) is 6.20 Å². The molecule has 0 aliphatic heterocycles. The normalized spacial score (nSPS) is 8.89. The SMILES string of the molecule is Nc1ncccc1[C]=O. The molecule has 0 saturated heterocycles. The fourth-order valence-electron chi connectivity index (χ4n) is 0.504. The fourth-order valence-corrected chi connectivity index (χ4v) is 0.504. The molecule has 0 saturated carbocycles.